The Balaban J connectivity index is 1.54. The van der Waals surface area contributed by atoms with Crippen molar-refractivity contribution in [3.05, 3.63) is 42.1 Å². The first-order chi connectivity index (χ1) is 16.5. The number of carbonyl (C=O) groups excluding carboxylic acids is 1. The van der Waals surface area contributed by atoms with E-state index in [2.05, 4.69) is 58.7 Å². The summed E-state index contributed by atoms with van der Waals surface area (Å²) in [6.07, 6.45) is 0.448. The number of rotatable bonds is 8. The van der Waals surface area contributed by atoms with Crippen molar-refractivity contribution in [2.75, 3.05) is 28.6 Å². The van der Waals surface area contributed by atoms with E-state index in [9.17, 15) is 4.79 Å². The van der Waals surface area contributed by atoms with Crippen LogP contribution in [0.4, 0.5) is 23.1 Å². The molecule has 1 aromatic carbocycles. The number of nitrogens with zero attached hydrogens (tertiary/aromatic N) is 4. The standard InChI is InChI=1S/C25H34N8OS/c1-7-22(34)26-17-8-10-18(11-9-17)35-23-28-19(27-20-12-16(2)30-31-20)13-21(29-23)33-14-25(6,15-33)32-24(3,4)5/h8-13,32H,7,14-15H2,1-6H3,(H,26,34)(H2,27,28,29,30,31). The van der Waals surface area contributed by atoms with Gasteiger partial charge in [-0.25, -0.2) is 9.97 Å². The molecule has 1 saturated heterocycles. The number of hydrogen-bond acceptors (Lipinski definition) is 8. The van der Waals surface area contributed by atoms with Gasteiger partial charge in [0.15, 0.2) is 5.16 Å². The third-order valence-corrected chi connectivity index (χ3v) is 6.28. The third kappa shape index (κ3) is 6.73. The topological polar surface area (TPSA) is 111 Å². The van der Waals surface area contributed by atoms with Crippen molar-refractivity contribution in [3.8, 4) is 0 Å². The number of anilines is 4. The zero-order valence-electron chi connectivity index (χ0n) is 21.2. The largest absolute Gasteiger partial charge is 0.353 e. The number of nitrogens with one attached hydrogen (secondary N) is 4. The molecule has 4 N–H and O–H groups in total. The maximum atomic E-state index is 11.6. The molecule has 1 fully saturated rings. The van der Waals surface area contributed by atoms with E-state index in [0.29, 0.717) is 17.4 Å². The fourth-order valence-electron chi connectivity index (χ4n) is 4.21. The summed E-state index contributed by atoms with van der Waals surface area (Å²) in [6.45, 7) is 14.3. The minimum absolute atomic E-state index is 0.00584. The van der Waals surface area contributed by atoms with Gasteiger partial charge in [-0.15, -0.1) is 0 Å². The number of H-pyrrole nitrogens is 1. The van der Waals surface area contributed by atoms with E-state index in [1.165, 1.54) is 11.8 Å². The fraction of sp³-hybridized carbons (Fsp3) is 0.440. The summed E-state index contributed by atoms with van der Waals surface area (Å²) in [6, 6.07) is 11.6. The van der Waals surface area contributed by atoms with E-state index in [1.807, 2.05) is 50.2 Å². The summed E-state index contributed by atoms with van der Waals surface area (Å²) in [4.78, 5) is 24.5. The molecule has 0 unspecified atom stereocenters. The van der Waals surface area contributed by atoms with Crippen molar-refractivity contribution in [1.29, 1.82) is 0 Å². The van der Waals surface area contributed by atoms with Crippen LogP contribution < -0.4 is 20.9 Å². The van der Waals surface area contributed by atoms with Crippen molar-refractivity contribution in [2.24, 2.45) is 0 Å². The van der Waals surface area contributed by atoms with Gasteiger partial charge >= 0.3 is 0 Å². The molecule has 35 heavy (non-hydrogen) atoms. The van der Waals surface area contributed by atoms with Crippen molar-refractivity contribution in [2.45, 2.75) is 69.1 Å². The van der Waals surface area contributed by atoms with E-state index in [0.717, 1.165) is 41.0 Å². The Labute approximate surface area is 210 Å². The first-order valence-electron chi connectivity index (χ1n) is 11.8. The molecule has 0 radical (unpaired) electrons. The first-order valence-corrected chi connectivity index (χ1v) is 12.6. The number of aryl methyl sites for hydroxylation is 1. The second kappa shape index (κ2) is 9.87. The van der Waals surface area contributed by atoms with Crippen LogP contribution in [-0.4, -0.2) is 50.2 Å². The van der Waals surface area contributed by atoms with Crippen LogP contribution in [0.5, 0.6) is 0 Å². The molecule has 0 saturated carbocycles. The number of aromatic amines is 1. The lowest BCUT2D eigenvalue weighted by molar-refractivity contribution is -0.115. The van der Waals surface area contributed by atoms with Crippen molar-refractivity contribution >= 4 is 40.8 Å². The molecule has 4 rings (SSSR count). The number of aromatic nitrogens is 4. The molecule has 0 aliphatic carbocycles. The van der Waals surface area contributed by atoms with Crippen LogP contribution in [0.15, 0.2) is 46.5 Å². The molecule has 1 aliphatic rings. The van der Waals surface area contributed by atoms with Gasteiger partial charge < -0.3 is 20.9 Å². The van der Waals surface area contributed by atoms with Crippen LogP contribution in [0, 0.1) is 6.92 Å². The number of carbonyl (C=O) groups is 1. The van der Waals surface area contributed by atoms with Crippen molar-refractivity contribution in [3.63, 3.8) is 0 Å². The maximum Gasteiger partial charge on any atom is 0.224 e. The minimum atomic E-state index is -0.00584. The summed E-state index contributed by atoms with van der Waals surface area (Å²) < 4.78 is 0. The van der Waals surface area contributed by atoms with E-state index in [-0.39, 0.29) is 17.0 Å². The molecule has 2 aromatic heterocycles. The van der Waals surface area contributed by atoms with Gasteiger partial charge in [0.25, 0.3) is 0 Å². The Kier molecular flexibility index (Phi) is 7.05. The SMILES string of the molecule is CCC(=O)Nc1ccc(Sc2nc(Nc3cc(C)n[nH]3)cc(N3CC(C)(NC(C)(C)C)C3)n2)cc1. The highest BCUT2D eigenvalue weighted by Gasteiger charge is 2.41. The van der Waals surface area contributed by atoms with Crippen LogP contribution >= 0.6 is 11.8 Å². The molecule has 3 aromatic rings. The average molecular weight is 495 g/mol. The molecule has 3 heterocycles. The molecule has 0 bridgehead atoms. The van der Waals surface area contributed by atoms with Gasteiger partial charge in [0.2, 0.25) is 5.91 Å². The molecular formula is C25H34N8OS. The highest BCUT2D eigenvalue weighted by Crippen LogP contribution is 2.33. The zero-order chi connectivity index (χ0) is 25.2. The van der Waals surface area contributed by atoms with Gasteiger partial charge in [-0.3, -0.25) is 9.89 Å². The van der Waals surface area contributed by atoms with Crippen LogP contribution in [0.25, 0.3) is 0 Å². The molecule has 186 valence electrons. The second-order valence-electron chi connectivity index (χ2n) is 10.3. The molecule has 0 spiro atoms. The van der Waals surface area contributed by atoms with E-state index in [1.54, 1.807) is 0 Å². The molecular weight excluding hydrogens is 460 g/mol. The summed E-state index contributed by atoms with van der Waals surface area (Å²) in [7, 11) is 0. The van der Waals surface area contributed by atoms with Crippen LogP contribution in [0.3, 0.4) is 0 Å². The predicted octanol–water partition coefficient (Wildman–Crippen LogP) is 4.72. The quantitative estimate of drug-likeness (QED) is 0.333. The van der Waals surface area contributed by atoms with Gasteiger partial charge in [0, 0.05) is 47.8 Å². The Hall–Kier alpha value is -3.11. The van der Waals surface area contributed by atoms with Gasteiger partial charge in [-0.2, -0.15) is 5.10 Å². The molecule has 0 atom stereocenters. The first kappa shape index (κ1) is 25.0. The summed E-state index contributed by atoms with van der Waals surface area (Å²) in [5.74, 6) is 2.35. The van der Waals surface area contributed by atoms with Crippen LogP contribution in [0.2, 0.25) is 0 Å². The second-order valence-corrected chi connectivity index (χ2v) is 11.3. The average Bonchev–Trinajstić information content (AvgIpc) is 3.16. The predicted molar refractivity (Wildman–Crippen MR) is 142 cm³/mol. The summed E-state index contributed by atoms with van der Waals surface area (Å²) in [5, 5.41) is 17.7. The van der Waals surface area contributed by atoms with Gasteiger partial charge in [-0.05, 0) is 70.6 Å². The number of amides is 1. The van der Waals surface area contributed by atoms with Crippen LogP contribution in [-0.2, 0) is 4.79 Å². The molecule has 1 aliphatic heterocycles. The fourth-order valence-corrected chi connectivity index (χ4v) is 4.98. The molecule has 10 heteroatoms. The van der Waals surface area contributed by atoms with E-state index >= 15 is 0 Å². The Bertz CT molecular complexity index is 1180. The van der Waals surface area contributed by atoms with Gasteiger partial charge in [-0.1, -0.05) is 6.92 Å². The van der Waals surface area contributed by atoms with Crippen molar-refractivity contribution < 1.29 is 4.79 Å². The van der Waals surface area contributed by atoms with E-state index < -0.39 is 0 Å². The van der Waals surface area contributed by atoms with Crippen LogP contribution in [0.1, 0.15) is 46.7 Å². The lowest BCUT2D eigenvalue weighted by Gasteiger charge is -2.52. The lowest BCUT2D eigenvalue weighted by Crippen LogP contribution is -2.71. The normalized spacial score (nSPS) is 15.0. The lowest BCUT2D eigenvalue weighted by atomic mass is 9.89. The van der Waals surface area contributed by atoms with Gasteiger partial charge in [0.05, 0.1) is 11.2 Å². The highest BCUT2D eigenvalue weighted by molar-refractivity contribution is 7.99. The van der Waals surface area contributed by atoms with E-state index in [4.69, 9.17) is 9.97 Å². The highest BCUT2D eigenvalue weighted by atomic mass is 32.2. The molecule has 9 nitrogen and oxygen atoms in total. The Morgan fingerprint density at radius 2 is 1.89 bits per heavy atom. The summed E-state index contributed by atoms with van der Waals surface area (Å²) >= 11 is 1.48. The Morgan fingerprint density at radius 1 is 1.17 bits per heavy atom. The third-order valence-electron chi connectivity index (χ3n) is 5.41. The monoisotopic (exact) mass is 494 g/mol. The minimum Gasteiger partial charge on any atom is -0.353 e. The smallest absolute Gasteiger partial charge is 0.224 e. The molecule has 1 amide bonds. The number of benzene rings is 1. The maximum absolute atomic E-state index is 11.6. The summed E-state index contributed by atoms with van der Waals surface area (Å²) in [5.41, 5.74) is 1.75. The Morgan fingerprint density at radius 3 is 2.49 bits per heavy atom. The van der Waals surface area contributed by atoms with Gasteiger partial charge in [0.1, 0.15) is 17.5 Å². The van der Waals surface area contributed by atoms with Crippen molar-refractivity contribution in [1.82, 2.24) is 25.5 Å². The number of hydrogen-bond donors (Lipinski definition) is 4. The zero-order valence-corrected chi connectivity index (χ0v) is 22.0.